The van der Waals surface area contributed by atoms with Gasteiger partial charge in [-0.2, -0.15) is 0 Å². The molecule has 0 heterocycles. The van der Waals surface area contributed by atoms with E-state index in [1.807, 2.05) is 24.3 Å². The van der Waals surface area contributed by atoms with Gasteiger partial charge < -0.3 is 5.73 Å². The molecule has 0 aliphatic heterocycles. The molecule has 0 spiro atoms. The molecule has 0 aromatic heterocycles. The Morgan fingerprint density at radius 2 is 1.82 bits per heavy atom. The van der Waals surface area contributed by atoms with Gasteiger partial charge in [0.25, 0.3) is 0 Å². The van der Waals surface area contributed by atoms with Crippen molar-refractivity contribution in [1.82, 2.24) is 0 Å². The van der Waals surface area contributed by atoms with Gasteiger partial charge in [-0.25, -0.2) is 8.42 Å². The van der Waals surface area contributed by atoms with Crippen LogP contribution in [0, 0.1) is 0 Å². The highest BCUT2D eigenvalue weighted by Gasteiger charge is 2.53. The van der Waals surface area contributed by atoms with Crippen LogP contribution in [0.15, 0.2) is 24.3 Å². The molecular formula is C13H19NO2S. The van der Waals surface area contributed by atoms with Crippen LogP contribution in [0.4, 0.5) is 0 Å². The van der Waals surface area contributed by atoms with E-state index < -0.39 is 14.6 Å². The molecule has 1 aromatic rings. The average molecular weight is 253 g/mol. The monoisotopic (exact) mass is 253 g/mol. The Morgan fingerprint density at radius 1 is 1.24 bits per heavy atom. The van der Waals surface area contributed by atoms with Crippen LogP contribution in [0.5, 0.6) is 0 Å². The Kier molecular flexibility index (Phi) is 3.27. The lowest BCUT2D eigenvalue weighted by Gasteiger charge is -2.14. The third kappa shape index (κ3) is 2.38. The van der Waals surface area contributed by atoms with Gasteiger partial charge >= 0.3 is 0 Å². The smallest absolute Gasteiger partial charge is 0.157 e. The molecule has 1 saturated carbocycles. The second kappa shape index (κ2) is 4.42. The van der Waals surface area contributed by atoms with Crippen LogP contribution in [0.2, 0.25) is 0 Å². The van der Waals surface area contributed by atoms with Crippen molar-refractivity contribution in [2.24, 2.45) is 5.73 Å². The van der Waals surface area contributed by atoms with Gasteiger partial charge in [-0.1, -0.05) is 24.3 Å². The topological polar surface area (TPSA) is 60.2 Å². The summed E-state index contributed by atoms with van der Waals surface area (Å²) in [5, 5.41) is 0. The maximum atomic E-state index is 11.8. The van der Waals surface area contributed by atoms with E-state index in [0.717, 1.165) is 31.2 Å². The van der Waals surface area contributed by atoms with E-state index in [0.29, 0.717) is 6.54 Å². The van der Waals surface area contributed by atoms with E-state index >= 15 is 0 Å². The lowest BCUT2D eigenvalue weighted by molar-refractivity contribution is 0.586. The van der Waals surface area contributed by atoms with Crippen molar-refractivity contribution in [3.63, 3.8) is 0 Å². The third-order valence-electron chi connectivity index (χ3n) is 3.56. The molecule has 0 bridgehead atoms. The molecule has 0 saturated heterocycles. The predicted octanol–water partition coefficient (Wildman–Crippen LogP) is 1.61. The first-order chi connectivity index (χ1) is 7.99. The molecule has 3 nitrogen and oxygen atoms in total. The number of nitrogens with two attached hydrogens (primary N) is 1. The zero-order chi connectivity index (χ0) is 12.5. The average Bonchev–Trinajstić information content (AvgIpc) is 3.07. The molecule has 0 radical (unpaired) electrons. The predicted molar refractivity (Wildman–Crippen MR) is 69.6 cm³/mol. The Morgan fingerprint density at radius 3 is 2.24 bits per heavy atom. The fraction of sp³-hybridized carbons (Fsp3) is 0.538. The molecule has 1 aliphatic carbocycles. The largest absolute Gasteiger partial charge is 0.330 e. The number of rotatable bonds is 5. The lowest BCUT2D eigenvalue weighted by Crippen LogP contribution is -2.19. The first kappa shape index (κ1) is 12.6. The Bertz CT molecular complexity index is 487. The minimum Gasteiger partial charge on any atom is -0.330 e. The second-order valence-corrected chi connectivity index (χ2v) is 7.18. The number of aryl methyl sites for hydroxylation is 1. The molecule has 94 valence electrons. The molecule has 2 rings (SSSR count). The van der Waals surface area contributed by atoms with Gasteiger partial charge in [0.2, 0.25) is 0 Å². The summed E-state index contributed by atoms with van der Waals surface area (Å²) in [5.74, 6) is 0. The molecule has 2 N–H and O–H groups in total. The van der Waals surface area contributed by atoms with Crippen LogP contribution in [-0.2, 0) is 21.0 Å². The number of hydrogen-bond acceptors (Lipinski definition) is 3. The molecule has 1 aliphatic rings. The van der Waals surface area contributed by atoms with Crippen LogP contribution >= 0.6 is 0 Å². The molecule has 0 atom stereocenters. The summed E-state index contributed by atoms with van der Waals surface area (Å²) in [5.41, 5.74) is 7.63. The van der Waals surface area contributed by atoms with Crippen LogP contribution < -0.4 is 5.73 Å². The standard InChI is InChI=1S/C13H19NO2S/c1-17(15,16)13(8-9-13)12-6-4-11(5-7-12)3-2-10-14/h4-7H,2-3,8-10,14H2,1H3. The summed E-state index contributed by atoms with van der Waals surface area (Å²) in [4.78, 5) is 0. The van der Waals surface area contributed by atoms with Gasteiger partial charge in [0.1, 0.15) is 0 Å². The van der Waals surface area contributed by atoms with E-state index in [9.17, 15) is 8.42 Å². The fourth-order valence-corrected chi connectivity index (χ4v) is 3.68. The molecule has 1 fully saturated rings. The summed E-state index contributed by atoms with van der Waals surface area (Å²) in [6, 6.07) is 7.96. The molecular weight excluding hydrogens is 234 g/mol. The van der Waals surface area contributed by atoms with Crippen molar-refractivity contribution in [3.8, 4) is 0 Å². The van der Waals surface area contributed by atoms with E-state index in [4.69, 9.17) is 5.73 Å². The van der Waals surface area contributed by atoms with Gasteiger partial charge in [-0.05, 0) is 43.4 Å². The van der Waals surface area contributed by atoms with Crippen LogP contribution in [0.1, 0.15) is 30.4 Å². The summed E-state index contributed by atoms with van der Waals surface area (Å²) >= 11 is 0. The first-order valence-electron chi connectivity index (χ1n) is 5.99. The van der Waals surface area contributed by atoms with Gasteiger partial charge in [0, 0.05) is 6.26 Å². The fourth-order valence-electron chi connectivity index (χ4n) is 2.27. The molecule has 0 amide bonds. The van der Waals surface area contributed by atoms with Gasteiger partial charge in [-0.15, -0.1) is 0 Å². The van der Waals surface area contributed by atoms with Crippen molar-refractivity contribution in [3.05, 3.63) is 35.4 Å². The van der Waals surface area contributed by atoms with Gasteiger partial charge in [-0.3, -0.25) is 0 Å². The lowest BCUT2D eigenvalue weighted by atomic mass is 10.0. The summed E-state index contributed by atoms with van der Waals surface area (Å²) in [6.45, 7) is 0.690. The summed E-state index contributed by atoms with van der Waals surface area (Å²) < 4.78 is 22.9. The SMILES string of the molecule is CS(=O)(=O)C1(c2ccc(CCCN)cc2)CC1. The molecule has 17 heavy (non-hydrogen) atoms. The highest BCUT2D eigenvalue weighted by atomic mass is 32.2. The maximum absolute atomic E-state index is 11.8. The highest BCUT2D eigenvalue weighted by Crippen LogP contribution is 2.52. The van der Waals surface area contributed by atoms with Crippen molar-refractivity contribution in [1.29, 1.82) is 0 Å². The van der Waals surface area contributed by atoms with Gasteiger partial charge in [0.15, 0.2) is 9.84 Å². The van der Waals surface area contributed by atoms with Crippen LogP contribution in [-0.4, -0.2) is 21.2 Å². The normalized spacial score (nSPS) is 18.0. The number of benzene rings is 1. The Balaban J connectivity index is 2.19. The van der Waals surface area contributed by atoms with Crippen LogP contribution in [0.3, 0.4) is 0 Å². The highest BCUT2D eigenvalue weighted by molar-refractivity contribution is 7.92. The number of hydrogen-bond donors (Lipinski definition) is 1. The minimum atomic E-state index is -2.99. The quantitative estimate of drug-likeness (QED) is 0.867. The van der Waals surface area contributed by atoms with Crippen molar-refractivity contribution in [2.75, 3.05) is 12.8 Å². The zero-order valence-electron chi connectivity index (χ0n) is 10.1. The second-order valence-electron chi connectivity index (χ2n) is 4.86. The van der Waals surface area contributed by atoms with E-state index in [1.54, 1.807) is 0 Å². The zero-order valence-corrected chi connectivity index (χ0v) is 11.0. The van der Waals surface area contributed by atoms with Gasteiger partial charge in [0.05, 0.1) is 4.75 Å². The summed E-state index contributed by atoms with van der Waals surface area (Å²) in [6.07, 6.45) is 4.78. The van der Waals surface area contributed by atoms with Crippen molar-refractivity contribution < 1.29 is 8.42 Å². The minimum absolute atomic E-state index is 0.584. The summed E-state index contributed by atoms with van der Waals surface area (Å²) in [7, 11) is -2.99. The van der Waals surface area contributed by atoms with E-state index in [-0.39, 0.29) is 0 Å². The maximum Gasteiger partial charge on any atom is 0.157 e. The van der Waals surface area contributed by atoms with Crippen molar-refractivity contribution in [2.45, 2.75) is 30.4 Å². The molecule has 4 heteroatoms. The number of sulfone groups is 1. The Labute approximate surface area is 103 Å². The third-order valence-corrected chi connectivity index (χ3v) is 5.63. The molecule has 1 aromatic carbocycles. The van der Waals surface area contributed by atoms with Crippen molar-refractivity contribution >= 4 is 9.84 Å². The van der Waals surface area contributed by atoms with Crippen LogP contribution in [0.25, 0.3) is 0 Å². The molecule has 0 unspecified atom stereocenters. The van der Waals surface area contributed by atoms with E-state index in [1.165, 1.54) is 11.8 Å². The first-order valence-corrected chi connectivity index (χ1v) is 7.88. The Hall–Kier alpha value is -0.870. The van der Waals surface area contributed by atoms with E-state index in [2.05, 4.69) is 0 Å².